The molecule has 3 N–H and O–H groups in total. The summed E-state index contributed by atoms with van der Waals surface area (Å²) in [6.45, 7) is 4.35. The van der Waals surface area contributed by atoms with Crippen molar-refractivity contribution in [2.24, 2.45) is 0 Å². The van der Waals surface area contributed by atoms with Gasteiger partial charge in [-0.2, -0.15) is 0 Å². The number of carbonyl (C=O) groups excluding carboxylic acids is 2. The molecule has 1 aliphatic rings. The number of amides is 3. The highest BCUT2D eigenvalue weighted by Crippen LogP contribution is 2.27. The van der Waals surface area contributed by atoms with Crippen LogP contribution in [-0.2, 0) is 4.79 Å². The van der Waals surface area contributed by atoms with Crippen molar-refractivity contribution in [1.29, 1.82) is 0 Å². The summed E-state index contributed by atoms with van der Waals surface area (Å²) in [6.07, 6.45) is 1.55. The number of furan rings is 1. The number of aryl methyl sites for hydroxylation is 1. The third-order valence-electron chi connectivity index (χ3n) is 3.52. The van der Waals surface area contributed by atoms with Gasteiger partial charge in [0.05, 0.1) is 17.1 Å². The van der Waals surface area contributed by atoms with Crippen LogP contribution < -0.4 is 11.2 Å². The van der Waals surface area contributed by atoms with Gasteiger partial charge >= 0.3 is 6.03 Å². The fourth-order valence-electron chi connectivity index (χ4n) is 2.27. The number of nitrogens with two attached hydrogens (primary N) is 1. The Kier molecular flexibility index (Phi) is 3.99. The Balaban J connectivity index is 1.76. The van der Waals surface area contributed by atoms with Crippen molar-refractivity contribution in [3.05, 3.63) is 18.1 Å². The minimum Gasteiger partial charge on any atom is -0.469 e. The molecule has 0 saturated carbocycles. The van der Waals surface area contributed by atoms with Gasteiger partial charge in [-0.3, -0.25) is 9.69 Å². The maximum Gasteiger partial charge on any atom is 0.324 e. The number of carbonyl (C=O) groups is 2. The molecule has 9 nitrogen and oxygen atoms in total. The predicted molar refractivity (Wildman–Crippen MR) is 83.0 cm³/mol. The number of nitrogens with zero attached hydrogens (tertiary/aromatic N) is 4. The van der Waals surface area contributed by atoms with E-state index in [1.54, 1.807) is 26.2 Å². The van der Waals surface area contributed by atoms with Crippen molar-refractivity contribution >= 4 is 23.7 Å². The van der Waals surface area contributed by atoms with Crippen LogP contribution in [0.3, 0.4) is 0 Å². The van der Waals surface area contributed by atoms with Crippen LogP contribution in [0.5, 0.6) is 0 Å². The number of hydrogen-bond donors (Lipinski definition) is 2. The molecule has 122 valence electrons. The molecular weight excluding hydrogens is 320 g/mol. The van der Waals surface area contributed by atoms with Crippen LogP contribution in [0.1, 0.15) is 12.7 Å². The number of rotatable bonds is 4. The molecule has 0 aromatic carbocycles. The molecule has 1 fully saturated rings. The zero-order chi connectivity index (χ0) is 16.6. The topological polar surface area (TPSA) is 119 Å². The quantitative estimate of drug-likeness (QED) is 0.619. The Morgan fingerprint density at radius 1 is 1.52 bits per heavy atom. The van der Waals surface area contributed by atoms with Gasteiger partial charge in [0, 0.05) is 13.1 Å². The standard InChI is InChI=1S/C13H16N6O3S/c1-7-9(3-6-22-7)10-16-17-13(19(10)14)23-8(2)11(20)18-5-4-15-12(18)21/h3,6,8H,4-5,14H2,1-2H3,(H,15,21). The lowest BCUT2D eigenvalue weighted by Gasteiger charge is -2.16. The summed E-state index contributed by atoms with van der Waals surface area (Å²) in [7, 11) is 0. The number of imide groups is 1. The highest BCUT2D eigenvalue weighted by Gasteiger charge is 2.31. The highest BCUT2D eigenvalue weighted by atomic mass is 32.2. The second-order valence-corrected chi connectivity index (χ2v) is 6.36. The molecule has 1 atom stereocenters. The zero-order valence-electron chi connectivity index (χ0n) is 12.6. The maximum absolute atomic E-state index is 12.3. The molecule has 1 unspecified atom stereocenters. The van der Waals surface area contributed by atoms with Gasteiger partial charge in [-0.1, -0.05) is 11.8 Å². The Bertz CT molecular complexity index is 755. The van der Waals surface area contributed by atoms with Crippen LogP contribution in [0, 0.1) is 6.92 Å². The Morgan fingerprint density at radius 3 is 2.91 bits per heavy atom. The van der Waals surface area contributed by atoms with Crippen LogP contribution in [0.15, 0.2) is 21.9 Å². The number of nitrogen functional groups attached to an aromatic ring is 1. The van der Waals surface area contributed by atoms with E-state index >= 15 is 0 Å². The molecule has 1 saturated heterocycles. The predicted octanol–water partition coefficient (Wildman–Crippen LogP) is 0.593. The lowest BCUT2D eigenvalue weighted by molar-refractivity contribution is -0.126. The van der Waals surface area contributed by atoms with E-state index in [0.717, 1.165) is 17.3 Å². The van der Waals surface area contributed by atoms with Crippen LogP contribution in [0.4, 0.5) is 4.79 Å². The monoisotopic (exact) mass is 336 g/mol. The normalized spacial score (nSPS) is 15.7. The van der Waals surface area contributed by atoms with Crippen molar-refractivity contribution in [1.82, 2.24) is 25.1 Å². The minimum atomic E-state index is -0.511. The summed E-state index contributed by atoms with van der Waals surface area (Å²) in [5, 5.41) is 10.5. The van der Waals surface area contributed by atoms with E-state index in [4.69, 9.17) is 10.3 Å². The van der Waals surface area contributed by atoms with Crippen LogP contribution in [0.25, 0.3) is 11.4 Å². The van der Waals surface area contributed by atoms with Crippen molar-refractivity contribution in [2.75, 3.05) is 18.9 Å². The van der Waals surface area contributed by atoms with Crippen LogP contribution in [0.2, 0.25) is 0 Å². The number of hydrogen-bond acceptors (Lipinski definition) is 7. The molecule has 23 heavy (non-hydrogen) atoms. The lowest BCUT2D eigenvalue weighted by atomic mass is 10.2. The fraction of sp³-hybridized carbons (Fsp3) is 0.385. The summed E-state index contributed by atoms with van der Waals surface area (Å²) in [4.78, 5) is 25.0. The smallest absolute Gasteiger partial charge is 0.324 e. The van der Waals surface area contributed by atoms with E-state index in [-0.39, 0.29) is 11.9 Å². The molecule has 0 aliphatic carbocycles. The first kappa shape index (κ1) is 15.4. The lowest BCUT2D eigenvalue weighted by Crippen LogP contribution is -2.39. The molecule has 0 radical (unpaired) electrons. The summed E-state index contributed by atoms with van der Waals surface area (Å²) in [5.74, 6) is 6.87. The number of aromatic nitrogens is 3. The van der Waals surface area contributed by atoms with Gasteiger partial charge in [0.15, 0.2) is 5.82 Å². The molecule has 3 heterocycles. The molecule has 3 amide bonds. The van der Waals surface area contributed by atoms with Gasteiger partial charge in [-0.15, -0.1) is 10.2 Å². The van der Waals surface area contributed by atoms with E-state index < -0.39 is 5.25 Å². The summed E-state index contributed by atoms with van der Waals surface area (Å²) in [5.41, 5.74) is 0.741. The summed E-state index contributed by atoms with van der Waals surface area (Å²) in [6, 6.07) is 1.38. The van der Waals surface area contributed by atoms with Gasteiger partial charge < -0.3 is 15.6 Å². The molecule has 3 rings (SSSR count). The van der Waals surface area contributed by atoms with Crippen molar-refractivity contribution < 1.29 is 14.0 Å². The number of urea groups is 1. The van der Waals surface area contributed by atoms with E-state index in [9.17, 15) is 9.59 Å². The highest BCUT2D eigenvalue weighted by molar-refractivity contribution is 8.00. The maximum atomic E-state index is 12.3. The molecular formula is C13H16N6O3S. The average molecular weight is 336 g/mol. The van der Waals surface area contributed by atoms with Crippen molar-refractivity contribution in [2.45, 2.75) is 24.3 Å². The fourth-order valence-corrected chi connectivity index (χ4v) is 3.10. The second kappa shape index (κ2) is 5.95. The van der Waals surface area contributed by atoms with Gasteiger partial charge in [0.1, 0.15) is 5.76 Å². The largest absolute Gasteiger partial charge is 0.469 e. The Morgan fingerprint density at radius 2 is 2.30 bits per heavy atom. The SMILES string of the molecule is Cc1occc1-c1nnc(SC(C)C(=O)N2CCNC2=O)n1N. The molecule has 2 aromatic heterocycles. The average Bonchev–Trinajstić information content (AvgIpc) is 3.21. The van der Waals surface area contributed by atoms with E-state index in [1.807, 2.05) is 0 Å². The Hall–Kier alpha value is -2.49. The zero-order valence-corrected chi connectivity index (χ0v) is 13.5. The Labute approximate surface area is 136 Å². The molecule has 2 aromatic rings. The van der Waals surface area contributed by atoms with Crippen molar-refractivity contribution in [3.63, 3.8) is 0 Å². The van der Waals surface area contributed by atoms with Gasteiger partial charge in [-0.25, -0.2) is 9.47 Å². The molecule has 1 aliphatic heterocycles. The number of nitrogens with one attached hydrogen (secondary N) is 1. The summed E-state index contributed by atoms with van der Waals surface area (Å²) < 4.78 is 6.55. The third-order valence-corrected chi connectivity index (χ3v) is 4.56. The second-order valence-electron chi connectivity index (χ2n) is 5.05. The van der Waals surface area contributed by atoms with E-state index in [0.29, 0.717) is 29.8 Å². The van der Waals surface area contributed by atoms with Crippen LogP contribution in [-0.4, -0.2) is 50.1 Å². The molecule has 0 bridgehead atoms. The first-order chi connectivity index (χ1) is 11.0. The van der Waals surface area contributed by atoms with Crippen LogP contribution >= 0.6 is 11.8 Å². The number of thioether (sulfide) groups is 1. The first-order valence-electron chi connectivity index (χ1n) is 7.00. The van der Waals surface area contributed by atoms with Crippen molar-refractivity contribution in [3.8, 4) is 11.4 Å². The third kappa shape index (κ3) is 2.77. The van der Waals surface area contributed by atoms with E-state index in [1.165, 1.54) is 9.58 Å². The minimum absolute atomic E-state index is 0.283. The van der Waals surface area contributed by atoms with E-state index in [2.05, 4.69) is 15.5 Å². The first-order valence-corrected chi connectivity index (χ1v) is 7.88. The summed E-state index contributed by atoms with van der Waals surface area (Å²) >= 11 is 1.15. The van der Waals surface area contributed by atoms with Gasteiger partial charge in [0.2, 0.25) is 11.1 Å². The van der Waals surface area contributed by atoms with Gasteiger partial charge in [0.25, 0.3) is 0 Å². The molecule has 0 spiro atoms. The van der Waals surface area contributed by atoms with Gasteiger partial charge in [-0.05, 0) is 19.9 Å². The molecule has 10 heteroatoms.